The van der Waals surface area contributed by atoms with E-state index in [9.17, 15) is 4.79 Å². The molecule has 2 aromatic carbocycles. The van der Waals surface area contributed by atoms with E-state index in [1.807, 2.05) is 18.2 Å². The summed E-state index contributed by atoms with van der Waals surface area (Å²) in [7, 11) is 3.21. The van der Waals surface area contributed by atoms with E-state index < -0.39 is 0 Å². The van der Waals surface area contributed by atoms with Gasteiger partial charge in [0.25, 0.3) is 5.91 Å². The van der Waals surface area contributed by atoms with Gasteiger partial charge >= 0.3 is 0 Å². The molecule has 0 saturated heterocycles. The number of hydrogen-bond acceptors (Lipinski definition) is 6. The third-order valence-electron chi connectivity index (χ3n) is 4.55. The SMILES string of the molecule is COCCOCCOCCOc1ccc(/C=C2/C(=O)Nc3ccc(Cl)cc32)cc1OC. The summed E-state index contributed by atoms with van der Waals surface area (Å²) in [5.41, 5.74) is 2.89. The standard InChI is InChI=1S/C23H26ClNO6/c1-27-7-8-29-9-10-30-11-12-31-21-6-3-16(14-22(21)28-2)13-19-18-15-17(24)4-5-20(18)25-23(19)26/h3-6,13-15H,7-12H2,1-2H3,(H,25,26)/b19-13+. The average Bonchev–Trinajstić information content (AvgIpc) is 3.07. The van der Waals surface area contributed by atoms with Crippen molar-refractivity contribution in [3.05, 3.63) is 52.5 Å². The number of fused-ring (bicyclic) bond motifs is 1. The van der Waals surface area contributed by atoms with Crippen molar-refractivity contribution in [3.63, 3.8) is 0 Å². The zero-order valence-electron chi connectivity index (χ0n) is 17.6. The van der Waals surface area contributed by atoms with Crippen LogP contribution in [0.1, 0.15) is 11.1 Å². The van der Waals surface area contributed by atoms with Crippen molar-refractivity contribution in [1.29, 1.82) is 0 Å². The van der Waals surface area contributed by atoms with E-state index in [0.29, 0.717) is 61.7 Å². The number of benzene rings is 2. The van der Waals surface area contributed by atoms with E-state index in [4.69, 9.17) is 35.3 Å². The maximum absolute atomic E-state index is 12.4. The van der Waals surface area contributed by atoms with Gasteiger partial charge in [-0.15, -0.1) is 0 Å². The molecule has 1 aliphatic rings. The van der Waals surface area contributed by atoms with Gasteiger partial charge < -0.3 is 29.0 Å². The van der Waals surface area contributed by atoms with E-state index >= 15 is 0 Å². The van der Waals surface area contributed by atoms with Crippen molar-refractivity contribution in [2.45, 2.75) is 0 Å². The van der Waals surface area contributed by atoms with Gasteiger partial charge in [0.15, 0.2) is 11.5 Å². The van der Waals surface area contributed by atoms with Gasteiger partial charge in [-0.1, -0.05) is 17.7 Å². The van der Waals surface area contributed by atoms with Crippen molar-refractivity contribution in [1.82, 2.24) is 0 Å². The summed E-state index contributed by atoms with van der Waals surface area (Å²) in [5, 5.41) is 3.42. The molecule has 31 heavy (non-hydrogen) atoms. The molecule has 0 saturated carbocycles. The minimum atomic E-state index is -0.167. The summed E-state index contributed by atoms with van der Waals surface area (Å²) in [6.45, 7) is 2.93. The highest BCUT2D eigenvalue weighted by atomic mass is 35.5. The fourth-order valence-electron chi connectivity index (χ4n) is 3.04. The number of carbonyl (C=O) groups excluding carboxylic acids is 1. The Labute approximate surface area is 186 Å². The highest BCUT2D eigenvalue weighted by Crippen LogP contribution is 2.36. The van der Waals surface area contributed by atoms with Crippen LogP contribution in [0, 0.1) is 0 Å². The van der Waals surface area contributed by atoms with Gasteiger partial charge in [-0.05, 0) is 42.0 Å². The quantitative estimate of drug-likeness (QED) is 0.393. The number of hydrogen-bond donors (Lipinski definition) is 1. The van der Waals surface area contributed by atoms with Crippen LogP contribution < -0.4 is 14.8 Å². The second-order valence-corrected chi connectivity index (χ2v) is 7.11. The Hall–Kier alpha value is -2.58. The summed E-state index contributed by atoms with van der Waals surface area (Å²) in [6, 6.07) is 10.8. The zero-order valence-corrected chi connectivity index (χ0v) is 18.4. The van der Waals surface area contributed by atoms with Crippen LogP contribution in [0.4, 0.5) is 5.69 Å². The van der Waals surface area contributed by atoms with E-state index in [0.717, 1.165) is 16.8 Å². The summed E-state index contributed by atoms with van der Waals surface area (Å²) in [5.74, 6) is 1.01. The molecule has 0 radical (unpaired) electrons. The first-order valence-electron chi connectivity index (χ1n) is 9.90. The molecule has 1 aliphatic heterocycles. The predicted octanol–water partition coefficient (Wildman–Crippen LogP) is 3.90. The summed E-state index contributed by atoms with van der Waals surface area (Å²) >= 11 is 6.09. The molecule has 1 N–H and O–H groups in total. The Morgan fingerprint density at radius 1 is 0.903 bits per heavy atom. The van der Waals surface area contributed by atoms with Gasteiger partial charge in [-0.3, -0.25) is 4.79 Å². The van der Waals surface area contributed by atoms with Crippen LogP contribution in [0.2, 0.25) is 5.02 Å². The maximum atomic E-state index is 12.4. The lowest BCUT2D eigenvalue weighted by Crippen LogP contribution is -2.12. The monoisotopic (exact) mass is 447 g/mol. The molecule has 8 heteroatoms. The molecule has 7 nitrogen and oxygen atoms in total. The van der Waals surface area contributed by atoms with E-state index in [2.05, 4.69) is 5.32 Å². The van der Waals surface area contributed by atoms with Gasteiger partial charge in [0, 0.05) is 29.0 Å². The second kappa shape index (κ2) is 11.7. The van der Waals surface area contributed by atoms with Crippen LogP contribution in [0.15, 0.2) is 36.4 Å². The molecule has 1 amide bonds. The van der Waals surface area contributed by atoms with Gasteiger partial charge in [0.05, 0.1) is 40.1 Å². The molecule has 0 fully saturated rings. The molecular weight excluding hydrogens is 422 g/mol. The smallest absolute Gasteiger partial charge is 0.256 e. The Bertz CT molecular complexity index is 930. The van der Waals surface area contributed by atoms with Crippen LogP contribution in [0.3, 0.4) is 0 Å². The van der Waals surface area contributed by atoms with Crippen molar-refractivity contribution in [2.75, 3.05) is 59.2 Å². The molecule has 0 atom stereocenters. The molecule has 0 spiro atoms. The lowest BCUT2D eigenvalue weighted by atomic mass is 10.0. The van der Waals surface area contributed by atoms with Gasteiger partial charge in [-0.2, -0.15) is 0 Å². The lowest BCUT2D eigenvalue weighted by molar-refractivity contribution is -0.110. The van der Waals surface area contributed by atoms with Crippen LogP contribution in [-0.4, -0.2) is 59.8 Å². The largest absolute Gasteiger partial charge is 0.493 e. The molecule has 166 valence electrons. The third kappa shape index (κ3) is 6.45. The zero-order chi connectivity index (χ0) is 22.1. The van der Waals surface area contributed by atoms with Crippen LogP contribution in [-0.2, 0) is 19.0 Å². The molecule has 1 heterocycles. The first kappa shape index (κ1) is 23.1. The number of halogens is 1. The minimum absolute atomic E-state index is 0.167. The molecule has 2 aromatic rings. The van der Waals surface area contributed by atoms with Crippen molar-refractivity contribution < 1.29 is 28.5 Å². The highest BCUT2D eigenvalue weighted by molar-refractivity contribution is 6.36. The Morgan fingerprint density at radius 3 is 2.39 bits per heavy atom. The molecule has 0 aliphatic carbocycles. The van der Waals surface area contributed by atoms with E-state index in [1.165, 1.54) is 0 Å². The van der Waals surface area contributed by atoms with Crippen molar-refractivity contribution >= 4 is 34.8 Å². The van der Waals surface area contributed by atoms with Crippen LogP contribution >= 0.6 is 11.6 Å². The van der Waals surface area contributed by atoms with Gasteiger partial charge in [0.2, 0.25) is 0 Å². The van der Waals surface area contributed by atoms with E-state index in [1.54, 1.807) is 38.5 Å². The lowest BCUT2D eigenvalue weighted by Gasteiger charge is -2.12. The normalized spacial score (nSPS) is 13.9. The fourth-order valence-corrected chi connectivity index (χ4v) is 3.21. The number of anilines is 1. The van der Waals surface area contributed by atoms with Crippen LogP contribution in [0.25, 0.3) is 11.6 Å². The topological polar surface area (TPSA) is 75.2 Å². The number of nitrogens with one attached hydrogen (secondary N) is 1. The molecule has 0 aromatic heterocycles. The molecular formula is C23H26ClNO6. The Kier molecular flexibility index (Phi) is 8.73. The summed E-state index contributed by atoms with van der Waals surface area (Å²) in [4.78, 5) is 12.4. The van der Waals surface area contributed by atoms with E-state index in [-0.39, 0.29) is 5.91 Å². The van der Waals surface area contributed by atoms with Crippen molar-refractivity contribution in [2.24, 2.45) is 0 Å². The highest BCUT2D eigenvalue weighted by Gasteiger charge is 2.24. The first-order chi connectivity index (χ1) is 15.1. The molecule has 0 bridgehead atoms. The molecule has 3 rings (SSSR count). The van der Waals surface area contributed by atoms with Gasteiger partial charge in [-0.25, -0.2) is 0 Å². The minimum Gasteiger partial charge on any atom is -0.493 e. The second-order valence-electron chi connectivity index (χ2n) is 6.68. The summed E-state index contributed by atoms with van der Waals surface area (Å²) < 4.78 is 26.9. The molecule has 0 unspecified atom stereocenters. The number of rotatable bonds is 12. The van der Waals surface area contributed by atoms with Crippen molar-refractivity contribution in [3.8, 4) is 11.5 Å². The summed E-state index contributed by atoms with van der Waals surface area (Å²) in [6.07, 6.45) is 1.80. The van der Waals surface area contributed by atoms with Gasteiger partial charge in [0.1, 0.15) is 6.61 Å². The average molecular weight is 448 g/mol. The van der Waals surface area contributed by atoms with Crippen LogP contribution in [0.5, 0.6) is 11.5 Å². The Balaban J connectivity index is 1.57. The number of amides is 1. The first-order valence-corrected chi connectivity index (χ1v) is 10.3. The fraction of sp³-hybridized carbons (Fsp3) is 0.348. The maximum Gasteiger partial charge on any atom is 0.256 e. The number of ether oxygens (including phenoxy) is 5. The number of carbonyl (C=O) groups is 1. The Morgan fingerprint density at radius 2 is 1.65 bits per heavy atom. The number of methoxy groups -OCH3 is 2. The predicted molar refractivity (Wildman–Crippen MR) is 120 cm³/mol. The third-order valence-corrected chi connectivity index (χ3v) is 4.79.